The summed E-state index contributed by atoms with van der Waals surface area (Å²) in [6, 6.07) is 0. The first kappa shape index (κ1) is 13.6. The molecule has 1 aliphatic rings. The zero-order valence-electron chi connectivity index (χ0n) is 10.1. The fourth-order valence-corrected chi connectivity index (χ4v) is 2.06. The van der Waals surface area contributed by atoms with Gasteiger partial charge >= 0.3 is 12.1 Å². The Bertz CT molecular complexity index is 489. The number of aliphatic carboxylic acids is 1. The molecule has 0 spiro atoms. The minimum absolute atomic E-state index is 0.0329. The van der Waals surface area contributed by atoms with Crippen molar-refractivity contribution in [2.45, 2.75) is 19.5 Å². The molecule has 2 rings (SSSR count). The van der Waals surface area contributed by atoms with E-state index in [-0.39, 0.29) is 12.5 Å². The van der Waals surface area contributed by atoms with E-state index in [0.717, 1.165) is 5.56 Å². The van der Waals surface area contributed by atoms with Crippen molar-refractivity contribution in [3.63, 3.8) is 0 Å². The zero-order chi connectivity index (χ0) is 14.3. The molecule has 0 bridgehead atoms. The van der Waals surface area contributed by atoms with Crippen molar-refractivity contribution in [3.8, 4) is 0 Å². The molecule has 8 heteroatoms. The number of carboxylic acids is 1. The lowest BCUT2D eigenvalue weighted by atomic mass is 9.86. The van der Waals surface area contributed by atoms with Gasteiger partial charge in [-0.15, -0.1) is 0 Å². The standard InChI is InChI=1S/C11H12F3N3O2/c1-7-4-15-9(16-5-7)17-3-2-10(6-17,8(18)19)11(12,13)14/h4-5H,2-3,6H2,1H3,(H,18,19). The van der Waals surface area contributed by atoms with E-state index < -0.39 is 30.5 Å². The Morgan fingerprint density at radius 3 is 2.42 bits per heavy atom. The lowest BCUT2D eigenvalue weighted by molar-refractivity contribution is -0.225. The SMILES string of the molecule is Cc1cnc(N2CCC(C(=O)O)(C(F)(F)F)C2)nc1. The minimum Gasteiger partial charge on any atom is -0.481 e. The molecule has 1 unspecified atom stereocenters. The predicted molar refractivity (Wildman–Crippen MR) is 59.7 cm³/mol. The Hall–Kier alpha value is -1.86. The van der Waals surface area contributed by atoms with Gasteiger partial charge in [0, 0.05) is 25.5 Å². The van der Waals surface area contributed by atoms with Gasteiger partial charge in [-0.3, -0.25) is 4.79 Å². The average Bonchev–Trinajstić information content (AvgIpc) is 2.75. The second kappa shape index (κ2) is 4.36. The molecule has 0 saturated carbocycles. The molecule has 2 heterocycles. The van der Waals surface area contributed by atoms with Gasteiger partial charge in [0.25, 0.3) is 0 Å². The van der Waals surface area contributed by atoms with Crippen LogP contribution in [0.5, 0.6) is 0 Å². The second-order valence-electron chi connectivity index (χ2n) is 4.62. The van der Waals surface area contributed by atoms with Crippen LogP contribution in [0, 0.1) is 12.3 Å². The largest absolute Gasteiger partial charge is 0.481 e. The Morgan fingerprint density at radius 2 is 2.00 bits per heavy atom. The van der Waals surface area contributed by atoms with Gasteiger partial charge in [0.2, 0.25) is 5.95 Å². The third-order valence-corrected chi connectivity index (χ3v) is 3.27. The Balaban J connectivity index is 2.27. The van der Waals surface area contributed by atoms with Crippen LogP contribution in [0.15, 0.2) is 12.4 Å². The van der Waals surface area contributed by atoms with Gasteiger partial charge in [0.1, 0.15) is 0 Å². The summed E-state index contributed by atoms with van der Waals surface area (Å²) in [5.41, 5.74) is -1.95. The van der Waals surface area contributed by atoms with E-state index in [4.69, 9.17) is 5.11 Å². The zero-order valence-corrected chi connectivity index (χ0v) is 10.1. The molecule has 1 N–H and O–H groups in total. The number of aromatic nitrogens is 2. The molecule has 1 saturated heterocycles. The highest BCUT2D eigenvalue weighted by Gasteiger charge is 2.64. The highest BCUT2D eigenvalue weighted by Crippen LogP contribution is 2.46. The van der Waals surface area contributed by atoms with Crippen LogP contribution in [-0.2, 0) is 4.79 Å². The summed E-state index contributed by atoms with van der Waals surface area (Å²) < 4.78 is 38.9. The number of carboxylic acid groups (broad SMARTS) is 1. The Labute approximate surface area is 107 Å². The number of alkyl halides is 3. The van der Waals surface area contributed by atoms with Gasteiger partial charge in [0.15, 0.2) is 5.41 Å². The van der Waals surface area contributed by atoms with Crippen molar-refractivity contribution < 1.29 is 23.1 Å². The molecule has 104 valence electrons. The van der Waals surface area contributed by atoms with E-state index in [9.17, 15) is 18.0 Å². The number of carbonyl (C=O) groups is 1. The van der Waals surface area contributed by atoms with Crippen molar-refractivity contribution in [2.24, 2.45) is 5.41 Å². The van der Waals surface area contributed by atoms with Crippen molar-refractivity contribution in [3.05, 3.63) is 18.0 Å². The average molecular weight is 275 g/mol. The van der Waals surface area contributed by atoms with Crippen molar-refractivity contribution in [1.29, 1.82) is 0 Å². The molecule has 1 aromatic heterocycles. The normalized spacial score (nSPS) is 23.7. The summed E-state index contributed by atoms with van der Waals surface area (Å²) in [5.74, 6) is -1.73. The van der Waals surface area contributed by atoms with Gasteiger partial charge in [-0.25, -0.2) is 9.97 Å². The first-order valence-electron chi connectivity index (χ1n) is 5.60. The molecule has 5 nitrogen and oxygen atoms in total. The molecule has 0 aromatic carbocycles. The number of halogens is 3. The van der Waals surface area contributed by atoms with Crippen LogP contribution in [0.3, 0.4) is 0 Å². The minimum atomic E-state index is -4.79. The van der Waals surface area contributed by atoms with Crippen molar-refractivity contribution in [1.82, 2.24) is 9.97 Å². The van der Waals surface area contributed by atoms with Crippen LogP contribution in [0.2, 0.25) is 0 Å². The van der Waals surface area contributed by atoms with Gasteiger partial charge in [-0.1, -0.05) is 0 Å². The smallest absolute Gasteiger partial charge is 0.406 e. The summed E-state index contributed by atoms with van der Waals surface area (Å²) in [6.07, 6.45) is -2.32. The van der Waals surface area contributed by atoms with Gasteiger partial charge in [-0.05, 0) is 18.9 Å². The lowest BCUT2D eigenvalue weighted by Crippen LogP contribution is -2.47. The van der Waals surface area contributed by atoms with Crippen LogP contribution >= 0.6 is 0 Å². The van der Waals surface area contributed by atoms with E-state index >= 15 is 0 Å². The first-order chi connectivity index (χ1) is 8.76. The van der Waals surface area contributed by atoms with Gasteiger partial charge in [0.05, 0.1) is 0 Å². The summed E-state index contributed by atoms with van der Waals surface area (Å²) >= 11 is 0. The van der Waals surface area contributed by atoms with E-state index in [1.54, 1.807) is 6.92 Å². The fourth-order valence-electron chi connectivity index (χ4n) is 2.06. The van der Waals surface area contributed by atoms with Crippen molar-refractivity contribution >= 4 is 11.9 Å². The molecule has 0 aliphatic carbocycles. The molecule has 0 amide bonds. The van der Waals surface area contributed by atoms with Gasteiger partial charge < -0.3 is 10.0 Å². The van der Waals surface area contributed by atoms with Crippen LogP contribution in [0.4, 0.5) is 19.1 Å². The maximum absolute atomic E-state index is 13.0. The number of aryl methyl sites for hydroxylation is 1. The summed E-state index contributed by atoms with van der Waals surface area (Å²) in [4.78, 5) is 20.1. The summed E-state index contributed by atoms with van der Waals surface area (Å²) in [7, 11) is 0. The molecule has 19 heavy (non-hydrogen) atoms. The molecule has 1 aromatic rings. The monoisotopic (exact) mass is 275 g/mol. The highest BCUT2D eigenvalue weighted by molar-refractivity contribution is 5.77. The molecular weight excluding hydrogens is 263 g/mol. The summed E-state index contributed by atoms with van der Waals surface area (Å²) in [6.45, 7) is 1.06. The Kier molecular flexibility index (Phi) is 3.11. The molecular formula is C11H12F3N3O2. The maximum Gasteiger partial charge on any atom is 0.406 e. The molecule has 1 atom stereocenters. The number of hydrogen-bond donors (Lipinski definition) is 1. The van der Waals surface area contributed by atoms with Crippen LogP contribution in [-0.4, -0.2) is 40.3 Å². The fraction of sp³-hybridized carbons (Fsp3) is 0.545. The molecule has 1 aliphatic heterocycles. The lowest BCUT2D eigenvalue weighted by Gasteiger charge is -2.27. The van der Waals surface area contributed by atoms with E-state index in [1.807, 2.05) is 0 Å². The Morgan fingerprint density at radius 1 is 1.42 bits per heavy atom. The van der Waals surface area contributed by atoms with E-state index in [1.165, 1.54) is 17.3 Å². The van der Waals surface area contributed by atoms with Crippen LogP contribution in [0.1, 0.15) is 12.0 Å². The van der Waals surface area contributed by atoms with Gasteiger partial charge in [-0.2, -0.15) is 13.2 Å². The third-order valence-electron chi connectivity index (χ3n) is 3.27. The summed E-state index contributed by atoms with van der Waals surface area (Å²) in [5, 5.41) is 8.92. The second-order valence-corrected chi connectivity index (χ2v) is 4.62. The number of rotatable bonds is 2. The molecule has 0 radical (unpaired) electrons. The van der Waals surface area contributed by atoms with E-state index in [0.29, 0.717) is 0 Å². The molecule has 1 fully saturated rings. The number of nitrogens with zero attached hydrogens (tertiary/aromatic N) is 3. The quantitative estimate of drug-likeness (QED) is 0.888. The predicted octanol–water partition coefficient (Wildman–Crippen LogP) is 1.63. The van der Waals surface area contributed by atoms with Crippen LogP contribution < -0.4 is 4.90 Å². The maximum atomic E-state index is 13.0. The first-order valence-corrected chi connectivity index (χ1v) is 5.60. The number of hydrogen-bond acceptors (Lipinski definition) is 4. The number of anilines is 1. The topological polar surface area (TPSA) is 66.3 Å². The van der Waals surface area contributed by atoms with Crippen molar-refractivity contribution in [2.75, 3.05) is 18.0 Å². The van der Waals surface area contributed by atoms with Crippen LogP contribution in [0.25, 0.3) is 0 Å². The third kappa shape index (κ3) is 2.22. The van der Waals surface area contributed by atoms with E-state index in [2.05, 4.69) is 9.97 Å². The highest BCUT2D eigenvalue weighted by atomic mass is 19.4.